The average Bonchev–Trinajstić information content (AvgIpc) is 2.62. The monoisotopic (exact) mass is 358 g/mol. The second-order valence-electron chi connectivity index (χ2n) is 5.65. The molecule has 25 heavy (non-hydrogen) atoms. The van der Waals surface area contributed by atoms with E-state index in [4.69, 9.17) is 21.2 Å². The zero-order valence-electron chi connectivity index (χ0n) is 13.8. The zero-order chi connectivity index (χ0) is 17.6. The lowest BCUT2D eigenvalue weighted by molar-refractivity contribution is 0.0430. The van der Waals surface area contributed by atoms with Gasteiger partial charge in [-0.05, 0) is 36.8 Å². The summed E-state index contributed by atoms with van der Waals surface area (Å²) < 4.78 is 5.27. The summed E-state index contributed by atoms with van der Waals surface area (Å²) >= 11 is 6.06. The Morgan fingerprint density at radius 3 is 2.76 bits per heavy atom. The lowest BCUT2D eigenvalue weighted by atomic mass is 10.2. The minimum absolute atomic E-state index is 0.114. The Kier molecular flexibility index (Phi) is 5.58. The third kappa shape index (κ3) is 4.75. The first-order valence-corrected chi connectivity index (χ1v) is 8.37. The second kappa shape index (κ2) is 8.05. The number of ether oxygens (including phenoxy) is 1. The van der Waals surface area contributed by atoms with Gasteiger partial charge < -0.3 is 4.74 Å². The van der Waals surface area contributed by atoms with Gasteiger partial charge in [-0.15, -0.1) is 0 Å². The van der Waals surface area contributed by atoms with Crippen molar-refractivity contribution in [3.63, 3.8) is 0 Å². The predicted molar refractivity (Wildman–Crippen MR) is 97.2 cm³/mol. The van der Waals surface area contributed by atoms with E-state index in [2.05, 4.69) is 5.32 Å². The van der Waals surface area contributed by atoms with Crippen molar-refractivity contribution >= 4 is 23.4 Å². The molecule has 2 aromatic carbocycles. The number of alkyl carbamates (subject to hydrolysis) is 1. The Hall–Kier alpha value is -2.50. The van der Waals surface area contributed by atoms with Crippen LogP contribution in [0.5, 0.6) is 0 Å². The highest BCUT2D eigenvalue weighted by molar-refractivity contribution is 6.30. The van der Waals surface area contributed by atoms with Crippen molar-refractivity contribution in [1.29, 1.82) is 0 Å². The number of nitrogens with one attached hydrogen (secondary N) is 1. The molecular formula is C19H19ClN2O3. The number of nitrogens with zero attached hydrogens (tertiary/aromatic N) is 1. The van der Waals surface area contributed by atoms with E-state index in [-0.39, 0.29) is 12.7 Å². The maximum atomic E-state index is 12.1. The molecule has 0 unspecified atom stereocenters. The van der Waals surface area contributed by atoms with Gasteiger partial charge in [0, 0.05) is 5.02 Å². The van der Waals surface area contributed by atoms with Crippen molar-refractivity contribution in [3.8, 4) is 0 Å². The molecule has 1 aliphatic rings. The van der Waals surface area contributed by atoms with Crippen molar-refractivity contribution in [2.45, 2.75) is 25.8 Å². The van der Waals surface area contributed by atoms with Crippen molar-refractivity contribution in [2.75, 3.05) is 5.06 Å². The van der Waals surface area contributed by atoms with Crippen LogP contribution in [0.2, 0.25) is 5.02 Å². The summed E-state index contributed by atoms with van der Waals surface area (Å²) in [6, 6.07) is 16.8. The van der Waals surface area contributed by atoms with Gasteiger partial charge in [-0.1, -0.05) is 54.1 Å². The van der Waals surface area contributed by atoms with Crippen molar-refractivity contribution < 1.29 is 14.4 Å². The molecule has 0 spiro atoms. The molecule has 2 aromatic rings. The molecule has 5 nitrogen and oxygen atoms in total. The number of anilines is 1. The normalized spacial score (nSPS) is 19.5. The molecule has 0 saturated heterocycles. The van der Waals surface area contributed by atoms with Gasteiger partial charge >= 0.3 is 6.09 Å². The first-order valence-electron chi connectivity index (χ1n) is 7.99. The number of hydrogen-bond acceptors (Lipinski definition) is 4. The highest BCUT2D eigenvalue weighted by Crippen LogP contribution is 2.25. The Balaban J connectivity index is 1.66. The Bertz CT molecular complexity index is 751. The topological polar surface area (TPSA) is 50.8 Å². The number of carbonyl (C=O) groups excluding carboxylic acids is 1. The highest BCUT2D eigenvalue weighted by atomic mass is 35.5. The van der Waals surface area contributed by atoms with Crippen LogP contribution in [0.3, 0.4) is 0 Å². The minimum atomic E-state index is -0.524. The molecule has 130 valence electrons. The summed E-state index contributed by atoms with van der Waals surface area (Å²) in [5.41, 5.74) is 1.67. The van der Waals surface area contributed by atoms with Gasteiger partial charge in [-0.25, -0.2) is 9.86 Å². The quantitative estimate of drug-likeness (QED) is 0.828. The molecular weight excluding hydrogens is 340 g/mol. The molecule has 1 aliphatic heterocycles. The molecule has 6 heteroatoms. The average molecular weight is 359 g/mol. The molecule has 0 saturated carbocycles. The number of halogens is 1. The first kappa shape index (κ1) is 17.3. The van der Waals surface area contributed by atoms with Gasteiger partial charge in [-0.2, -0.15) is 0 Å². The van der Waals surface area contributed by atoms with Crippen molar-refractivity contribution in [3.05, 3.63) is 77.3 Å². The van der Waals surface area contributed by atoms with Gasteiger partial charge in [0.2, 0.25) is 0 Å². The van der Waals surface area contributed by atoms with Crippen LogP contribution in [0.25, 0.3) is 0 Å². The molecule has 0 bridgehead atoms. The maximum Gasteiger partial charge on any atom is 0.409 e. The predicted octanol–water partition coefficient (Wildman–Crippen LogP) is 4.29. The molecule has 1 heterocycles. The van der Waals surface area contributed by atoms with Crippen LogP contribution in [0.1, 0.15) is 12.5 Å². The molecule has 1 amide bonds. The summed E-state index contributed by atoms with van der Waals surface area (Å²) in [5, 5.41) is 4.99. The standard InChI is InChI=1S/C19H19ClN2O3/c1-14-10-11-18(22(25-14)17-9-5-8-16(20)12-17)21-19(23)24-13-15-6-3-2-4-7-15/h2-12,14,18H,13H2,1H3,(H,21,23)/t14-,18-/m0/s1. The Morgan fingerprint density at radius 2 is 2.00 bits per heavy atom. The van der Waals surface area contributed by atoms with Crippen molar-refractivity contribution in [1.82, 2.24) is 5.32 Å². The number of benzene rings is 2. The van der Waals surface area contributed by atoms with Gasteiger partial charge in [0.25, 0.3) is 0 Å². The Labute approximate surface area is 151 Å². The largest absolute Gasteiger partial charge is 0.445 e. The molecule has 0 radical (unpaired) electrons. The SMILES string of the molecule is C[C@H]1C=C[C@@H](NC(=O)OCc2ccccc2)N(c2cccc(Cl)c2)O1. The molecule has 3 rings (SSSR count). The number of hydroxylamine groups is 1. The summed E-state index contributed by atoms with van der Waals surface area (Å²) in [6.07, 6.45) is 2.61. The van der Waals surface area contributed by atoms with E-state index in [9.17, 15) is 4.79 Å². The molecule has 0 aromatic heterocycles. The van der Waals surface area contributed by atoms with E-state index >= 15 is 0 Å². The van der Waals surface area contributed by atoms with Crippen LogP contribution in [0.4, 0.5) is 10.5 Å². The van der Waals surface area contributed by atoms with Gasteiger partial charge in [0.1, 0.15) is 18.9 Å². The van der Waals surface area contributed by atoms with E-state index in [0.717, 1.165) is 11.3 Å². The van der Waals surface area contributed by atoms with E-state index in [1.807, 2.05) is 61.5 Å². The van der Waals surface area contributed by atoms with E-state index in [1.54, 1.807) is 17.2 Å². The molecule has 2 atom stereocenters. The van der Waals surface area contributed by atoms with Gasteiger partial charge in [0.05, 0.1) is 5.69 Å². The second-order valence-corrected chi connectivity index (χ2v) is 6.09. The summed E-state index contributed by atoms with van der Waals surface area (Å²) in [5.74, 6) is 0. The van der Waals surface area contributed by atoms with Crippen LogP contribution in [-0.2, 0) is 16.2 Å². The number of amides is 1. The number of hydrogen-bond donors (Lipinski definition) is 1. The maximum absolute atomic E-state index is 12.1. The lowest BCUT2D eigenvalue weighted by Crippen LogP contribution is -2.50. The summed E-state index contributed by atoms with van der Waals surface area (Å²) in [7, 11) is 0. The first-order chi connectivity index (χ1) is 12.1. The fourth-order valence-corrected chi connectivity index (χ4v) is 2.63. The number of rotatable bonds is 4. The summed E-state index contributed by atoms with van der Waals surface area (Å²) in [4.78, 5) is 18.0. The molecule has 0 aliphatic carbocycles. The molecule has 1 N–H and O–H groups in total. The van der Waals surface area contributed by atoms with E-state index in [1.165, 1.54) is 0 Å². The highest BCUT2D eigenvalue weighted by Gasteiger charge is 2.25. The van der Waals surface area contributed by atoms with Crippen LogP contribution < -0.4 is 10.4 Å². The van der Waals surface area contributed by atoms with Crippen molar-refractivity contribution in [2.24, 2.45) is 0 Å². The van der Waals surface area contributed by atoms with Crippen LogP contribution >= 0.6 is 11.6 Å². The van der Waals surface area contributed by atoms with Crippen LogP contribution in [0.15, 0.2) is 66.7 Å². The third-order valence-electron chi connectivity index (χ3n) is 3.64. The fraction of sp³-hybridized carbons (Fsp3) is 0.211. The smallest absolute Gasteiger partial charge is 0.409 e. The minimum Gasteiger partial charge on any atom is -0.445 e. The van der Waals surface area contributed by atoms with E-state index in [0.29, 0.717) is 5.02 Å². The summed E-state index contributed by atoms with van der Waals surface area (Å²) in [6.45, 7) is 2.12. The van der Waals surface area contributed by atoms with Gasteiger partial charge in [-0.3, -0.25) is 10.2 Å². The van der Waals surface area contributed by atoms with Crippen LogP contribution in [-0.4, -0.2) is 18.4 Å². The van der Waals surface area contributed by atoms with Gasteiger partial charge in [0.15, 0.2) is 0 Å². The fourth-order valence-electron chi connectivity index (χ4n) is 2.45. The third-order valence-corrected chi connectivity index (χ3v) is 3.87. The lowest BCUT2D eigenvalue weighted by Gasteiger charge is -2.35. The van der Waals surface area contributed by atoms with E-state index < -0.39 is 12.3 Å². The zero-order valence-corrected chi connectivity index (χ0v) is 14.5. The Morgan fingerprint density at radius 1 is 1.20 bits per heavy atom. The number of carbonyl (C=O) groups is 1. The molecule has 0 fully saturated rings. The van der Waals surface area contributed by atoms with Crippen LogP contribution in [0, 0.1) is 0 Å².